The molecule has 0 radical (unpaired) electrons. The number of aromatic nitrogens is 5. The number of rotatable bonds is 6. The van der Waals surface area contributed by atoms with Crippen LogP contribution in [0.25, 0.3) is 5.69 Å². The standard InChI is InChI=1S/C16H19N5S2/c1-4-6-14-17-13(9-22-14)10-23-16-18-19-20-21(16)15-11(2)7-5-8-12(15)3/h5,7-9H,4,6,10H2,1-3H3. The van der Waals surface area contributed by atoms with Crippen LogP contribution in [0, 0.1) is 13.8 Å². The summed E-state index contributed by atoms with van der Waals surface area (Å²) in [6.45, 7) is 6.33. The van der Waals surface area contributed by atoms with Crippen molar-refractivity contribution in [1.29, 1.82) is 0 Å². The maximum atomic E-state index is 4.66. The Balaban J connectivity index is 1.78. The van der Waals surface area contributed by atoms with Gasteiger partial charge in [0.2, 0.25) is 5.16 Å². The molecule has 0 amide bonds. The number of aryl methyl sites for hydroxylation is 3. The summed E-state index contributed by atoms with van der Waals surface area (Å²) < 4.78 is 1.83. The summed E-state index contributed by atoms with van der Waals surface area (Å²) in [4.78, 5) is 4.66. The molecule has 5 nitrogen and oxygen atoms in total. The van der Waals surface area contributed by atoms with Crippen molar-refractivity contribution in [3.05, 3.63) is 45.4 Å². The Morgan fingerprint density at radius 3 is 2.74 bits per heavy atom. The number of hydrogen-bond donors (Lipinski definition) is 0. The van der Waals surface area contributed by atoms with E-state index in [9.17, 15) is 0 Å². The molecule has 3 aromatic rings. The van der Waals surface area contributed by atoms with Gasteiger partial charge in [0.05, 0.1) is 16.4 Å². The van der Waals surface area contributed by atoms with Gasteiger partial charge in [-0.2, -0.15) is 4.68 Å². The van der Waals surface area contributed by atoms with Gasteiger partial charge < -0.3 is 0 Å². The third-order valence-corrected chi connectivity index (χ3v) is 5.41. The highest BCUT2D eigenvalue weighted by Gasteiger charge is 2.14. The Kier molecular flexibility index (Phi) is 5.07. The second kappa shape index (κ2) is 7.23. The van der Waals surface area contributed by atoms with E-state index in [1.165, 1.54) is 5.01 Å². The molecule has 0 atom stereocenters. The van der Waals surface area contributed by atoms with Crippen LogP contribution in [0.2, 0.25) is 0 Å². The second-order valence-electron chi connectivity index (χ2n) is 5.38. The monoisotopic (exact) mass is 345 g/mol. The van der Waals surface area contributed by atoms with Crippen LogP contribution in [0.5, 0.6) is 0 Å². The van der Waals surface area contributed by atoms with Gasteiger partial charge in [0.25, 0.3) is 0 Å². The van der Waals surface area contributed by atoms with Crippen molar-refractivity contribution in [2.24, 2.45) is 0 Å². The molecule has 23 heavy (non-hydrogen) atoms. The van der Waals surface area contributed by atoms with Gasteiger partial charge in [-0.05, 0) is 48.2 Å². The molecule has 0 aliphatic heterocycles. The molecule has 0 saturated carbocycles. The first-order valence-corrected chi connectivity index (χ1v) is 9.46. The minimum atomic E-state index is 0.783. The molecule has 3 rings (SSSR count). The molecule has 0 spiro atoms. The lowest BCUT2D eigenvalue weighted by Gasteiger charge is -2.10. The first-order chi connectivity index (χ1) is 11.2. The molecule has 0 aliphatic rings. The van der Waals surface area contributed by atoms with E-state index in [0.717, 1.165) is 46.3 Å². The van der Waals surface area contributed by atoms with Crippen LogP contribution >= 0.6 is 23.1 Å². The highest BCUT2D eigenvalue weighted by Crippen LogP contribution is 2.26. The van der Waals surface area contributed by atoms with Gasteiger partial charge in [-0.25, -0.2) is 4.98 Å². The van der Waals surface area contributed by atoms with Gasteiger partial charge in [0.15, 0.2) is 0 Å². The zero-order chi connectivity index (χ0) is 16.2. The van der Waals surface area contributed by atoms with E-state index in [1.54, 1.807) is 23.1 Å². The summed E-state index contributed by atoms with van der Waals surface area (Å²) in [7, 11) is 0. The number of nitrogens with zero attached hydrogens (tertiary/aromatic N) is 5. The minimum absolute atomic E-state index is 0.783. The van der Waals surface area contributed by atoms with Crippen LogP contribution in [-0.4, -0.2) is 25.2 Å². The second-order valence-corrected chi connectivity index (χ2v) is 7.27. The molecule has 1 aromatic carbocycles. The van der Waals surface area contributed by atoms with Gasteiger partial charge in [-0.15, -0.1) is 16.4 Å². The Morgan fingerprint density at radius 1 is 1.22 bits per heavy atom. The molecular weight excluding hydrogens is 326 g/mol. The van der Waals surface area contributed by atoms with Crippen molar-refractivity contribution in [3.8, 4) is 5.69 Å². The van der Waals surface area contributed by atoms with Crippen LogP contribution in [-0.2, 0) is 12.2 Å². The number of hydrogen-bond acceptors (Lipinski definition) is 6. The van der Waals surface area contributed by atoms with E-state index in [-0.39, 0.29) is 0 Å². The number of tetrazole rings is 1. The summed E-state index contributed by atoms with van der Waals surface area (Å²) in [5.41, 5.74) is 4.49. The first kappa shape index (κ1) is 16.1. The maximum Gasteiger partial charge on any atom is 0.214 e. The van der Waals surface area contributed by atoms with E-state index in [4.69, 9.17) is 0 Å². The Labute approximate surface area is 144 Å². The van der Waals surface area contributed by atoms with Crippen molar-refractivity contribution in [2.75, 3.05) is 0 Å². The van der Waals surface area contributed by atoms with E-state index >= 15 is 0 Å². The summed E-state index contributed by atoms with van der Waals surface area (Å²) in [5, 5.41) is 16.3. The number of thioether (sulfide) groups is 1. The normalized spacial score (nSPS) is 11.1. The molecule has 0 aliphatic carbocycles. The Bertz CT molecular complexity index is 773. The molecule has 2 heterocycles. The summed E-state index contributed by atoms with van der Waals surface area (Å²) in [5.74, 6) is 0.783. The highest BCUT2D eigenvalue weighted by atomic mass is 32.2. The van der Waals surface area contributed by atoms with E-state index in [2.05, 4.69) is 64.9 Å². The van der Waals surface area contributed by atoms with Crippen molar-refractivity contribution in [2.45, 2.75) is 44.5 Å². The third kappa shape index (κ3) is 3.61. The SMILES string of the molecule is CCCc1nc(CSc2nnnn2-c2c(C)cccc2C)cs1. The van der Waals surface area contributed by atoms with Gasteiger partial charge in [0.1, 0.15) is 0 Å². The van der Waals surface area contributed by atoms with Crippen LogP contribution in [0.3, 0.4) is 0 Å². The van der Waals surface area contributed by atoms with Crippen LogP contribution in [0.4, 0.5) is 0 Å². The first-order valence-electron chi connectivity index (χ1n) is 7.60. The quantitative estimate of drug-likeness (QED) is 0.633. The number of benzene rings is 1. The Morgan fingerprint density at radius 2 is 2.00 bits per heavy atom. The smallest absolute Gasteiger partial charge is 0.214 e. The molecule has 120 valence electrons. The molecule has 0 unspecified atom stereocenters. The molecule has 0 bridgehead atoms. The van der Waals surface area contributed by atoms with Crippen LogP contribution < -0.4 is 0 Å². The summed E-state index contributed by atoms with van der Waals surface area (Å²) >= 11 is 3.36. The average Bonchev–Trinajstić information content (AvgIpc) is 3.15. The lowest BCUT2D eigenvalue weighted by molar-refractivity contribution is 0.747. The third-order valence-electron chi connectivity index (χ3n) is 3.50. The maximum absolute atomic E-state index is 4.66. The van der Waals surface area contributed by atoms with Gasteiger partial charge in [0, 0.05) is 11.1 Å². The van der Waals surface area contributed by atoms with Crippen molar-refractivity contribution in [1.82, 2.24) is 25.2 Å². The lowest BCUT2D eigenvalue weighted by Crippen LogP contribution is -2.04. The zero-order valence-electron chi connectivity index (χ0n) is 13.5. The van der Waals surface area contributed by atoms with Crippen LogP contribution in [0.1, 0.15) is 35.2 Å². The zero-order valence-corrected chi connectivity index (χ0v) is 15.1. The predicted octanol–water partition coefficient (Wildman–Crippen LogP) is 3.98. The fourth-order valence-corrected chi connectivity index (χ4v) is 4.21. The molecular formula is C16H19N5S2. The van der Waals surface area contributed by atoms with Gasteiger partial charge >= 0.3 is 0 Å². The van der Waals surface area contributed by atoms with E-state index in [0.29, 0.717) is 0 Å². The molecule has 0 fully saturated rings. The fourth-order valence-electron chi connectivity index (χ4n) is 2.43. The number of thiazole rings is 1. The van der Waals surface area contributed by atoms with Crippen molar-refractivity contribution in [3.63, 3.8) is 0 Å². The largest absolute Gasteiger partial charge is 0.245 e. The average molecular weight is 345 g/mol. The van der Waals surface area contributed by atoms with Gasteiger partial charge in [-0.3, -0.25) is 0 Å². The summed E-state index contributed by atoms with van der Waals surface area (Å²) in [6, 6.07) is 6.21. The highest BCUT2D eigenvalue weighted by molar-refractivity contribution is 7.98. The predicted molar refractivity (Wildman–Crippen MR) is 94.3 cm³/mol. The minimum Gasteiger partial charge on any atom is -0.245 e. The topological polar surface area (TPSA) is 56.5 Å². The van der Waals surface area contributed by atoms with E-state index < -0.39 is 0 Å². The molecule has 0 saturated heterocycles. The fraction of sp³-hybridized carbons (Fsp3) is 0.375. The molecule has 0 N–H and O–H groups in total. The van der Waals surface area contributed by atoms with Gasteiger partial charge in [-0.1, -0.05) is 36.9 Å². The molecule has 7 heteroatoms. The van der Waals surface area contributed by atoms with Crippen LogP contribution in [0.15, 0.2) is 28.7 Å². The van der Waals surface area contributed by atoms with Crippen molar-refractivity contribution >= 4 is 23.1 Å². The summed E-state index contributed by atoms with van der Waals surface area (Å²) in [6.07, 6.45) is 2.18. The lowest BCUT2D eigenvalue weighted by atomic mass is 10.1. The van der Waals surface area contributed by atoms with E-state index in [1.807, 2.05) is 4.68 Å². The number of para-hydroxylation sites is 1. The Hall–Kier alpha value is -1.73. The molecule has 2 aromatic heterocycles. The van der Waals surface area contributed by atoms with Crippen molar-refractivity contribution < 1.29 is 0 Å².